The molecule has 0 saturated carbocycles. The number of benzene rings is 1. The van der Waals surface area contributed by atoms with Crippen molar-refractivity contribution in [3.8, 4) is 5.75 Å². The Morgan fingerprint density at radius 2 is 1.93 bits per heavy atom. The summed E-state index contributed by atoms with van der Waals surface area (Å²) < 4.78 is 5.15. The molecule has 0 unspecified atom stereocenters. The van der Waals surface area contributed by atoms with Gasteiger partial charge in [-0.15, -0.1) is 0 Å². The van der Waals surface area contributed by atoms with Crippen LogP contribution in [0.5, 0.6) is 5.75 Å². The average Bonchev–Trinajstić information content (AvgIpc) is 2.30. The Bertz CT molecular complexity index is 254. The van der Waals surface area contributed by atoms with E-state index in [1.54, 1.807) is 7.11 Å². The van der Waals surface area contributed by atoms with Gasteiger partial charge in [0.15, 0.2) is 0 Å². The SMILES string of the molecule is C=Cc1cc(CC)cc(OC)c1.CC. The van der Waals surface area contributed by atoms with Gasteiger partial charge >= 0.3 is 0 Å². The smallest absolute Gasteiger partial charge is 0.119 e. The topological polar surface area (TPSA) is 9.23 Å². The Kier molecular flexibility index (Phi) is 6.55. The van der Waals surface area contributed by atoms with Crippen molar-refractivity contribution < 1.29 is 4.74 Å². The summed E-state index contributed by atoms with van der Waals surface area (Å²) >= 11 is 0. The van der Waals surface area contributed by atoms with Crippen LogP contribution in [0.4, 0.5) is 0 Å². The first-order valence-electron chi connectivity index (χ1n) is 5.10. The lowest BCUT2D eigenvalue weighted by molar-refractivity contribution is 0.414. The molecule has 1 aromatic carbocycles. The van der Waals surface area contributed by atoms with E-state index in [1.165, 1.54) is 5.56 Å². The summed E-state index contributed by atoms with van der Waals surface area (Å²) in [5.41, 5.74) is 2.40. The molecule has 0 aromatic heterocycles. The summed E-state index contributed by atoms with van der Waals surface area (Å²) in [4.78, 5) is 0. The zero-order chi connectivity index (χ0) is 11.0. The van der Waals surface area contributed by atoms with Crippen molar-refractivity contribution in [2.24, 2.45) is 0 Å². The summed E-state index contributed by atoms with van der Waals surface area (Å²) in [6.07, 6.45) is 2.86. The van der Waals surface area contributed by atoms with Crippen LogP contribution in [0.1, 0.15) is 31.9 Å². The van der Waals surface area contributed by atoms with Crippen molar-refractivity contribution in [3.63, 3.8) is 0 Å². The molecule has 0 aliphatic carbocycles. The molecule has 0 spiro atoms. The Morgan fingerprint density at radius 3 is 2.36 bits per heavy atom. The van der Waals surface area contributed by atoms with Crippen molar-refractivity contribution >= 4 is 6.08 Å². The van der Waals surface area contributed by atoms with Gasteiger partial charge in [0.05, 0.1) is 7.11 Å². The Balaban J connectivity index is 0.000000791. The third-order valence-electron chi connectivity index (χ3n) is 1.87. The van der Waals surface area contributed by atoms with E-state index in [0.717, 1.165) is 17.7 Å². The molecule has 0 radical (unpaired) electrons. The fourth-order valence-corrected chi connectivity index (χ4v) is 1.13. The molecule has 1 rings (SSSR count). The standard InChI is InChI=1S/C11H14O.C2H6/c1-4-9-6-10(5-2)8-11(7-9)12-3;1-2/h4,6-8H,1,5H2,2-3H3;1-2H3. The molecule has 1 heteroatoms. The summed E-state index contributed by atoms with van der Waals surface area (Å²) in [6.45, 7) is 9.85. The molecule has 0 aliphatic heterocycles. The minimum Gasteiger partial charge on any atom is -0.497 e. The minimum absolute atomic E-state index is 0.907. The molecule has 0 fully saturated rings. The highest BCUT2D eigenvalue weighted by molar-refractivity contribution is 5.51. The number of hydrogen-bond donors (Lipinski definition) is 0. The van der Waals surface area contributed by atoms with E-state index in [4.69, 9.17) is 4.74 Å². The van der Waals surface area contributed by atoms with Crippen LogP contribution in [0.25, 0.3) is 6.08 Å². The fourth-order valence-electron chi connectivity index (χ4n) is 1.13. The molecule has 1 nitrogen and oxygen atoms in total. The predicted octanol–water partition coefficient (Wildman–Crippen LogP) is 3.93. The second kappa shape index (κ2) is 7.19. The molecule has 1 aromatic rings. The largest absolute Gasteiger partial charge is 0.497 e. The lowest BCUT2D eigenvalue weighted by Crippen LogP contribution is -1.87. The minimum atomic E-state index is 0.907. The molecule has 78 valence electrons. The first kappa shape index (κ1) is 12.8. The van der Waals surface area contributed by atoms with E-state index in [0.29, 0.717) is 0 Å². The van der Waals surface area contributed by atoms with Crippen LogP contribution in [0, 0.1) is 0 Å². The lowest BCUT2D eigenvalue weighted by atomic mass is 10.1. The molecule has 0 atom stereocenters. The highest BCUT2D eigenvalue weighted by atomic mass is 16.5. The number of rotatable bonds is 3. The monoisotopic (exact) mass is 192 g/mol. The summed E-state index contributed by atoms with van der Waals surface area (Å²) in [6, 6.07) is 6.15. The van der Waals surface area contributed by atoms with Gasteiger partial charge in [0.2, 0.25) is 0 Å². The summed E-state index contributed by atoms with van der Waals surface area (Å²) in [5, 5.41) is 0. The van der Waals surface area contributed by atoms with Crippen LogP contribution < -0.4 is 4.74 Å². The highest BCUT2D eigenvalue weighted by Crippen LogP contribution is 2.17. The Hall–Kier alpha value is -1.24. The van der Waals surface area contributed by atoms with E-state index in [1.807, 2.05) is 32.1 Å². The van der Waals surface area contributed by atoms with Crippen molar-refractivity contribution in [3.05, 3.63) is 35.9 Å². The zero-order valence-corrected chi connectivity index (χ0v) is 9.63. The number of ether oxygens (including phenoxy) is 1. The van der Waals surface area contributed by atoms with E-state index < -0.39 is 0 Å². The maximum atomic E-state index is 5.15. The molecule has 0 heterocycles. The van der Waals surface area contributed by atoms with Crippen LogP contribution in [0.3, 0.4) is 0 Å². The first-order valence-corrected chi connectivity index (χ1v) is 5.10. The van der Waals surface area contributed by atoms with Crippen LogP contribution in [0.15, 0.2) is 24.8 Å². The van der Waals surface area contributed by atoms with Gasteiger partial charge in [-0.2, -0.15) is 0 Å². The van der Waals surface area contributed by atoms with Crippen molar-refractivity contribution in [2.75, 3.05) is 7.11 Å². The van der Waals surface area contributed by atoms with Crippen molar-refractivity contribution in [1.29, 1.82) is 0 Å². The van der Waals surface area contributed by atoms with Gasteiger partial charge in [-0.3, -0.25) is 0 Å². The number of aryl methyl sites for hydroxylation is 1. The van der Waals surface area contributed by atoms with E-state index in [9.17, 15) is 0 Å². The lowest BCUT2D eigenvalue weighted by Gasteiger charge is -2.04. The van der Waals surface area contributed by atoms with E-state index in [2.05, 4.69) is 19.6 Å². The Labute approximate surface area is 87.4 Å². The normalized spacial score (nSPS) is 8.57. The van der Waals surface area contributed by atoms with Gasteiger partial charge in [0.25, 0.3) is 0 Å². The van der Waals surface area contributed by atoms with Crippen LogP contribution in [-0.2, 0) is 6.42 Å². The van der Waals surface area contributed by atoms with Crippen LogP contribution >= 0.6 is 0 Å². The first-order chi connectivity index (χ1) is 6.80. The summed E-state index contributed by atoms with van der Waals surface area (Å²) in [5.74, 6) is 0.907. The molecule has 0 bridgehead atoms. The van der Waals surface area contributed by atoms with E-state index >= 15 is 0 Å². The Morgan fingerprint density at radius 1 is 1.29 bits per heavy atom. The average molecular weight is 192 g/mol. The third-order valence-corrected chi connectivity index (χ3v) is 1.87. The predicted molar refractivity (Wildman–Crippen MR) is 63.8 cm³/mol. The van der Waals surface area contributed by atoms with Gasteiger partial charge in [-0.1, -0.05) is 39.5 Å². The third kappa shape index (κ3) is 3.65. The molecule has 0 saturated heterocycles. The van der Waals surface area contributed by atoms with E-state index in [-0.39, 0.29) is 0 Å². The van der Waals surface area contributed by atoms with Gasteiger partial charge < -0.3 is 4.74 Å². The zero-order valence-electron chi connectivity index (χ0n) is 9.63. The molecule has 14 heavy (non-hydrogen) atoms. The number of methoxy groups -OCH3 is 1. The van der Waals surface area contributed by atoms with Crippen molar-refractivity contribution in [1.82, 2.24) is 0 Å². The van der Waals surface area contributed by atoms with Gasteiger partial charge in [0.1, 0.15) is 5.75 Å². The maximum Gasteiger partial charge on any atom is 0.119 e. The van der Waals surface area contributed by atoms with Crippen molar-refractivity contribution in [2.45, 2.75) is 27.2 Å². The highest BCUT2D eigenvalue weighted by Gasteiger charge is 1.96. The number of hydrogen-bond acceptors (Lipinski definition) is 1. The van der Waals surface area contributed by atoms with Crippen LogP contribution in [-0.4, -0.2) is 7.11 Å². The van der Waals surface area contributed by atoms with Gasteiger partial charge in [0, 0.05) is 0 Å². The maximum absolute atomic E-state index is 5.15. The molecule has 0 aliphatic rings. The second-order valence-electron chi connectivity index (χ2n) is 2.67. The molecule has 0 N–H and O–H groups in total. The quantitative estimate of drug-likeness (QED) is 0.705. The second-order valence-corrected chi connectivity index (χ2v) is 2.67. The molecular weight excluding hydrogens is 172 g/mol. The van der Waals surface area contributed by atoms with Gasteiger partial charge in [-0.05, 0) is 29.7 Å². The summed E-state index contributed by atoms with van der Waals surface area (Å²) in [7, 11) is 1.68. The molecule has 0 amide bonds. The van der Waals surface area contributed by atoms with Gasteiger partial charge in [-0.25, -0.2) is 0 Å². The fraction of sp³-hybridized carbons (Fsp3) is 0.385. The molecular formula is C13H20O. The van der Waals surface area contributed by atoms with Crippen LogP contribution in [0.2, 0.25) is 0 Å².